The van der Waals surface area contributed by atoms with Gasteiger partial charge >= 0.3 is 0 Å². The molecule has 0 radical (unpaired) electrons. The van der Waals surface area contributed by atoms with Gasteiger partial charge in [-0.05, 0) is 77.9 Å². The Kier molecular flexibility index (Phi) is 12.4. The summed E-state index contributed by atoms with van der Waals surface area (Å²) in [6.07, 6.45) is 2.44. The highest BCUT2D eigenvalue weighted by Gasteiger charge is 2.34. The van der Waals surface area contributed by atoms with Crippen molar-refractivity contribution in [3.05, 3.63) is 113 Å². The zero-order chi connectivity index (χ0) is 36.5. The van der Waals surface area contributed by atoms with Gasteiger partial charge in [-0.15, -0.1) is 0 Å². The number of fused-ring (bicyclic) bond motifs is 1. The molecule has 0 aliphatic carbocycles. The lowest BCUT2D eigenvalue weighted by atomic mass is 9.97. The number of nitrogens with one attached hydrogen (secondary N) is 2. The van der Waals surface area contributed by atoms with Crippen LogP contribution in [0.4, 0.5) is 17.1 Å². The predicted molar refractivity (Wildman–Crippen MR) is 200 cm³/mol. The molecule has 4 aromatic carbocycles. The second-order valence-corrected chi connectivity index (χ2v) is 13.3. The maximum atomic E-state index is 12.7. The maximum absolute atomic E-state index is 12.7. The van der Waals surface area contributed by atoms with Gasteiger partial charge in [0, 0.05) is 50.1 Å². The van der Waals surface area contributed by atoms with Crippen molar-refractivity contribution in [2.24, 2.45) is 0 Å². The van der Waals surface area contributed by atoms with E-state index in [1.165, 1.54) is 11.1 Å². The number of carbonyl (C=O) groups excluding carboxylic acids is 2. The number of carbonyl (C=O) groups is 2. The molecule has 274 valence electrons. The Morgan fingerprint density at radius 3 is 2.17 bits per heavy atom. The molecule has 2 aliphatic rings. The highest BCUT2D eigenvalue weighted by atomic mass is 16.7. The first-order valence-corrected chi connectivity index (χ1v) is 17.8. The van der Waals surface area contributed by atoms with Crippen LogP contribution in [-0.2, 0) is 38.6 Å². The minimum absolute atomic E-state index is 0.0159. The van der Waals surface area contributed by atoms with Gasteiger partial charge < -0.3 is 40.4 Å². The number of rotatable bonds is 14. The lowest BCUT2D eigenvalue weighted by molar-refractivity contribution is -0.253. The SMILES string of the molecule is COc1cc2c(cc1OC)CN(C[C@@H]1C[C@H](c3ccc(CO)cc3)O[C@H](c3ccc(NC(=O)CCCCC(=O)Nc4ccccc4N)cc3)O1)CC2. The molecule has 0 aromatic heterocycles. The fourth-order valence-corrected chi connectivity index (χ4v) is 6.76. The number of nitrogen functional groups attached to an aromatic ring is 1. The van der Waals surface area contributed by atoms with E-state index in [9.17, 15) is 14.7 Å². The molecule has 0 saturated carbocycles. The summed E-state index contributed by atoms with van der Waals surface area (Å²) < 4.78 is 24.3. The predicted octanol–water partition coefficient (Wildman–Crippen LogP) is 6.52. The number of benzene rings is 4. The third kappa shape index (κ3) is 9.48. The lowest BCUT2D eigenvalue weighted by Crippen LogP contribution is -2.41. The van der Waals surface area contributed by atoms with Crippen molar-refractivity contribution in [2.45, 2.75) is 70.2 Å². The van der Waals surface area contributed by atoms with Crippen LogP contribution in [0.15, 0.2) is 84.9 Å². The second kappa shape index (κ2) is 17.5. The molecule has 3 atom stereocenters. The number of para-hydroxylation sites is 2. The number of nitrogens with zero attached hydrogens (tertiary/aromatic N) is 1. The Balaban J connectivity index is 1.05. The monoisotopic (exact) mass is 708 g/mol. The molecule has 2 amide bonds. The molecule has 11 nitrogen and oxygen atoms in total. The van der Waals surface area contributed by atoms with Gasteiger partial charge in [0.15, 0.2) is 17.8 Å². The van der Waals surface area contributed by atoms with E-state index in [2.05, 4.69) is 27.7 Å². The van der Waals surface area contributed by atoms with E-state index in [0.29, 0.717) is 49.2 Å². The summed E-state index contributed by atoms with van der Waals surface area (Å²) in [6, 6.07) is 26.7. The first kappa shape index (κ1) is 36.8. The van der Waals surface area contributed by atoms with E-state index in [0.717, 1.165) is 54.2 Å². The average molecular weight is 709 g/mol. The van der Waals surface area contributed by atoms with Crippen molar-refractivity contribution in [3.8, 4) is 11.5 Å². The minimum atomic E-state index is -0.607. The Bertz CT molecular complexity index is 1820. The van der Waals surface area contributed by atoms with Crippen LogP contribution >= 0.6 is 0 Å². The zero-order valence-corrected chi connectivity index (χ0v) is 29.8. The fraction of sp³-hybridized carbons (Fsp3) is 0.366. The van der Waals surface area contributed by atoms with Gasteiger partial charge in [0.1, 0.15) is 0 Å². The van der Waals surface area contributed by atoms with E-state index in [1.54, 1.807) is 26.4 Å². The number of unbranched alkanes of at least 4 members (excludes halogenated alkanes) is 1. The lowest BCUT2D eigenvalue weighted by Gasteiger charge is -2.39. The van der Waals surface area contributed by atoms with Crippen molar-refractivity contribution in [3.63, 3.8) is 0 Å². The van der Waals surface area contributed by atoms with Crippen molar-refractivity contribution in [2.75, 3.05) is 43.7 Å². The molecule has 2 aliphatic heterocycles. The Labute approximate surface area is 305 Å². The van der Waals surface area contributed by atoms with Gasteiger partial charge in [-0.2, -0.15) is 0 Å². The number of amides is 2. The Morgan fingerprint density at radius 2 is 1.50 bits per heavy atom. The number of aliphatic hydroxyl groups is 1. The van der Waals surface area contributed by atoms with Crippen molar-refractivity contribution < 1.29 is 33.6 Å². The minimum Gasteiger partial charge on any atom is -0.493 e. The van der Waals surface area contributed by atoms with E-state index in [-0.39, 0.29) is 30.6 Å². The molecule has 0 bridgehead atoms. The number of methoxy groups -OCH3 is 2. The highest BCUT2D eigenvalue weighted by molar-refractivity contribution is 5.94. The number of nitrogens with two attached hydrogens (primary N) is 1. The van der Waals surface area contributed by atoms with E-state index in [4.69, 9.17) is 24.7 Å². The number of anilines is 3. The molecular formula is C41H48N4O7. The van der Waals surface area contributed by atoms with Crippen LogP contribution in [0.25, 0.3) is 0 Å². The molecule has 52 heavy (non-hydrogen) atoms. The van der Waals surface area contributed by atoms with E-state index >= 15 is 0 Å². The molecule has 5 N–H and O–H groups in total. The van der Waals surface area contributed by atoms with Crippen LogP contribution in [0, 0.1) is 0 Å². The smallest absolute Gasteiger partial charge is 0.224 e. The molecule has 1 saturated heterocycles. The van der Waals surface area contributed by atoms with Crippen LogP contribution in [0.3, 0.4) is 0 Å². The van der Waals surface area contributed by atoms with Crippen LogP contribution in [0.2, 0.25) is 0 Å². The maximum Gasteiger partial charge on any atom is 0.224 e. The summed E-state index contributed by atoms with van der Waals surface area (Å²) in [5, 5.41) is 15.3. The summed E-state index contributed by atoms with van der Waals surface area (Å²) >= 11 is 0. The van der Waals surface area contributed by atoms with Gasteiger partial charge in [0.05, 0.1) is 44.4 Å². The molecule has 2 heterocycles. The quantitative estimate of drug-likeness (QED) is 0.0850. The molecule has 0 spiro atoms. The van der Waals surface area contributed by atoms with Crippen LogP contribution < -0.4 is 25.8 Å². The number of hydrogen-bond donors (Lipinski definition) is 4. The first-order chi connectivity index (χ1) is 25.3. The van der Waals surface area contributed by atoms with Crippen molar-refractivity contribution in [1.82, 2.24) is 4.90 Å². The third-order valence-corrected chi connectivity index (χ3v) is 9.63. The molecule has 6 rings (SSSR count). The average Bonchev–Trinajstić information content (AvgIpc) is 3.17. The Hall–Kier alpha value is -4.94. The van der Waals surface area contributed by atoms with E-state index < -0.39 is 6.29 Å². The molecule has 4 aromatic rings. The summed E-state index contributed by atoms with van der Waals surface area (Å²) in [5.41, 5.74) is 12.9. The number of hydrogen-bond acceptors (Lipinski definition) is 9. The highest BCUT2D eigenvalue weighted by Crippen LogP contribution is 2.39. The number of ether oxygens (including phenoxy) is 4. The van der Waals surface area contributed by atoms with Crippen LogP contribution in [0.5, 0.6) is 11.5 Å². The second-order valence-electron chi connectivity index (χ2n) is 13.3. The topological polar surface area (TPSA) is 145 Å². The van der Waals surface area contributed by atoms with Crippen LogP contribution in [-0.4, -0.2) is 55.2 Å². The normalized spacial score (nSPS) is 18.6. The van der Waals surface area contributed by atoms with Crippen molar-refractivity contribution in [1.29, 1.82) is 0 Å². The standard InChI is InChI=1S/C41H48N4O7/c1-49-37-21-30-19-20-45(24-31(30)22-38(37)50-2)25-33-23-36(28-13-11-27(26-46)12-14-28)52-41(51-33)29-15-17-32(18-16-29)43-39(47)9-5-6-10-40(48)44-35-8-4-3-7-34(35)42/h3-4,7-8,11-18,21-22,33,36,41,46H,5-6,9-10,19-20,23-26,42H2,1-2H3,(H,43,47)(H,44,48)/t33-,36+,41+/m0/s1. The molecule has 1 fully saturated rings. The Morgan fingerprint density at radius 1 is 0.846 bits per heavy atom. The summed E-state index contributed by atoms with van der Waals surface area (Å²) in [5.74, 6) is 1.23. The van der Waals surface area contributed by atoms with E-state index in [1.807, 2.05) is 60.7 Å². The first-order valence-electron chi connectivity index (χ1n) is 17.8. The number of aliphatic hydroxyl groups excluding tert-OH is 1. The fourth-order valence-electron chi connectivity index (χ4n) is 6.76. The zero-order valence-electron chi connectivity index (χ0n) is 29.8. The van der Waals surface area contributed by atoms with Gasteiger partial charge in [-0.1, -0.05) is 48.5 Å². The molecule has 11 heteroatoms. The summed E-state index contributed by atoms with van der Waals surface area (Å²) in [6.45, 7) is 2.39. The largest absolute Gasteiger partial charge is 0.493 e. The van der Waals surface area contributed by atoms with Gasteiger partial charge in [0.2, 0.25) is 11.8 Å². The summed E-state index contributed by atoms with van der Waals surface area (Å²) in [7, 11) is 3.32. The summed E-state index contributed by atoms with van der Waals surface area (Å²) in [4.78, 5) is 27.4. The third-order valence-electron chi connectivity index (χ3n) is 9.63. The van der Waals surface area contributed by atoms with Gasteiger partial charge in [-0.3, -0.25) is 14.5 Å². The van der Waals surface area contributed by atoms with Crippen LogP contribution in [0.1, 0.15) is 72.3 Å². The van der Waals surface area contributed by atoms with Gasteiger partial charge in [-0.25, -0.2) is 0 Å². The molecular weight excluding hydrogens is 660 g/mol. The van der Waals surface area contributed by atoms with Crippen molar-refractivity contribution >= 4 is 28.9 Å². The molecule has 0 unspecified atom stereocenters. The van der Waals surface area contributed by atoms with Gasteiger partial charge in [0.25, 0.3) is 0 Å².